The number of ketones is 1. The number of primary sulfonamides is 1. The Hall–Kier alpha value is -7.65. The zero-order valence-corrected chi connectivity index (χ0v) is 42.6. The first kappa shape index (κ1) is 56.6. The first-order valence-corrected chi connectivity index (χ1v) is 26.2. The van der Waals surface area contributed by atoms with Crippen molar-refractivity contribution in [2.75, 3.05) is 67.7 Å². The number of carbonyl (C=O) groups is 5. The summed E-state index contributed by atoms with van der Waals surface area (Å²) < 4.78 is 57.1. The van der Waals surface area contributed by atoms with Crippen LogP contribution in [0.2, 0.25) is 0 Å². The van der Waals surface area contributed by atoms with Gasteiger partial charge in [-0.1, -0.05) is 25.0 Å². The number of phenols is 1. The molecule has 6 rings (SSSR count). The van der Waals surface area contributed by atoms with E-state index in [4.69, 9.17) is 31.1 Å². The molecular formula is C50H54N8O14S3. The minimum atomic E-state index is -3.95. The summed E-state index contributed by atoms with van der Waals surface area (Å²) in [6, 6.07) is 25.5. The van der Waals surface area contributed by atoms with Gasteiger partial charge in [-0.3, -0.25) is 47.8 Å². The van der Waals surface area contributed by atoms with Crippen LogP contribution >= 0.6 is 12.2 Å². The molecular weight excluding hydrogens is 1030 g/mol. The molecule has 396 valence electrons. The number of carboxylic acid groups (broad SMARTS) is 1. The Morgan fingerprint density at radius 3 is 2.05 bits per heavy atom. The predicted molar refractivity (Wildman–Crippen MR) is 285 cm³/mol. The number of thiocarbonyl (C=S) groups is 1. The highest BCUT2D eigenvalue weighted by Gasteiger charge is 2.23. The smallest absolute Gasteiger partial charge is 0.317 e. The van der Waals surface area contributed by atoms with Crippen LogP contribution < -0.4 is 41.3 Å². The lowest BCUT2D eigenvalue weighted by atomic mass is 9.93. The molecule has 0 spiro atoms. The highest BCUT2D eigenvalue weighted by Crippen LogP contribution is 2.44. The maximum Gasteiger partial charge on any atom is 0.317 e. The molecule has 25 heteroatoms. The Labute approximate surface area is 438 Å². The number of aromatic hydroxyl groups is 1. The van der Waals surface area contributed by atoms with E-state index in [9.17, 15) is 51.6 Å². The highest BCUT2D eigenvalue weighted by atomic mass is 32.2. The summed E-state index contributed by atoms with van der Waals surface area (Å²) in [7, 11) is -3.95. The van der Waals surface area contributed by atoms with Crippen LogP contribution in [0.1, 0.15) is 31.2 Å². The normalized spacial score (nSPS) is 11.8. The molecule has 0 saturated heterocycles. The number of hydrogen-bond donors (Lipinski definition) is 9. The largest absolute Gasteiger partial charge is 0.508 e. The van der Waals surface area contributed by atoms with Crippen LogP contribution in [0.3, 0.4) is 0 Å². The Bertz CT molecular complexity index is 3190. The number of nitrogens with two attached hydrogens (primary N) is 1. The summed E-state index contributed by atoms with van der Waals surface area (Å²) in [6.45, 7) is -0.192. The van der Waals surface area contributed by atoms with Gasteiger partial charge in [0.2, 0.25) is 21.8 Å². The zero-order valence-electron chi connectivity index (χ0n) is 40.1. The first-order valence-electron chi connectivity index (χ1n) is 23.2. The van der Waals surface area contributed by atoms with E-state index in [1.165, 1.54) is 82.6 Å². The molecule has 1 atom stereocenters. The van der Waals surface area contributed by atoms with E-state index in [0.717, 1.165) is 19.3 Å². The molecule has 0 radical (unpaired) electrons. The summed E-state index contributed by atoms with van der Waals surface area (Å²) >= 11 is 3.23. The van der Waals surface area contributed by atoms with Crippen molar-refractivity contribution in [2.24, 2.45) is 5.14 Å². The van der Waals surface area contributed by atoms with E-state index in [-0.39, 0.29) is 72.5 Å². The number of amides is 2. The minimum absolute atomic E-state index is 0.0165. The van der Waals surface area contributed by atoms with Gasteiger partial charge in [-0.25, -0.2) is 17.8 Å². The fraction of sp³-hybridized carbons (Fsp3) is 0.260. The third-order valence-corrected chi connectivity index (χ3v) is 12.9. The Morgan fingerprint density at radius 1 is 0.747 bits per heavy atom. The standard InChI is InChI=1S/C50H54N8O14S3/c51-75(69,70)39-14-5-32(6-15-39)23-38(62)27-57(21-22-58(30-48(65)66)29-47(64)54-33-7-9-34(10-8-33)56-74(67)68)28-46(63)52-19-3-1-2-4-20-53-50(73)55-35-11-16-40(43(24-35)71-31-59)49-41-17-12-36(60)25-44(41)72-45-26-37(61)13-18-42(45)49/h5-18,24-26,31,56,60H,1-4,19-23,27-30H2,(H,52,63)(H,54,64)(H,65,66)(H,67,68)(H2,51,69,70)(H2,53,55,73). The number of unbranched alkanes of at least 4 members (excludes halogenated alkanes) is 3. The molecule has 2 amide bonds. The molecule has 1 unspecified atom stereocenters. The predicted octanol–water partition coefficient (Wildman–Crippen LogP) is 4.10. The van der Waals surface area contributed by atoms with Gasteiger partial charge in [0.15, 0.2) is 16.3 Å². The van der Waals surface area contributed by atoms with Gasteiger partial charge in [0.25, 0.3) is 17.7 Å². The fourth-order valence-electron chi connectivity index (χ4n) is 7.93. The number of carboxylic acids is 1. The maximum absolute atomic E-state index is 13.3. The number of aliphatic carboxylic acids is 1. The molecule has 0 aromatic heterocycles. The monoisotopic (exact) mass is 1090 g/mol. The van der Waals surface area contributed by atoms with Crippen molar-refractivity contribution in [3.63, 3.8) is 0 Å². The third-order valence-electron chi connectivity index (χ3n) is 11.3. The summed E-state index contributed by atoms with van der Waals surface area (Å²) in [5.41, 5.74) is 3.48. The van der Waals surface area contributed by atoms with Crippen molar-refractivity contribution < 1.29 is 60.5 Å². The molecule has 0 saturated carbocycles. The second-order valence-corrected chi connectivity index (χ2v) is 19.8. The van der Waals surface area contributed by atoms with Crippen LogP contribution in [0.4, 0.5) is 17.1 Å². The van der Waals surface area contributed by atoms with E-state index in [1.54, 1.807) is 30.3 Å². The summed E-state index contributed by atoms with van der Waals surface area (Å²) in [5.74, 6) is -2.03. The molecule has 4 aromatic rings. The van der Waals surface area contributed by atoms with E-state index in [0.29, 0.717) is 81.4 Å². The Balaban J connectivity index is 0.976. The second-order valence-electron chi connectivity index (χ2n) is 17.1. The van der Waals surface area contributed by atoms with Gasteiger partial charge in [0, 0.05) is 89.9 Å². The lowest BCUT2D eigenvalue weighted by molar-refractivity contribution is -0.139. The number of rotatable bonds is 28. The number of Topliss-reactive ketones (excluding diaryl/α,β-unsaturated/α-hetero) is 1. The van der Waals surface area contributed by atoms with E-state index < -0.39 is 45.6 Å². The molecule has 22 nitrogen and oxygen atoms in total. The van der Waals surface area contributed by atoms with Crippen molar-refractivity contribution in [3.05, 3.63) is 119 Å². The zero-order chi connectivity index (χ0) is 54.1. The number of nitrogens with one attached hydrogen (secondary N) is 5. The van der Waals surface area contributed by atoms with Crippen molar-refractivity contribution in [1.29, 1.82) is 0 Å². The summed E-state index contributed by atoms with van der Waals surface area (Å²) in [6.07, 6.45) is 2.81. The SMILES string of the molecule is NS(=O)(=O)c1ccc(CC(=O)CN(CCN(CC(=O)O)CC(=O)Nc2ccc(NS(=O)O)cc2)CC(=O)NCCCCCCNC(=S)Nc2ccc(-c3c4ccc(=O)cc-4oc4cc(O)ccc34)c(OC=O)c2)cc1. The number of nitrogens with zero attached hydrogens (tertiary/aromatic N) is 2. The van der Waals surface area contributed by atoms with Gasteiger partial charge in [0.05, 0.1) is 31.1 Å². The molecule has 75 heavy (non-hydrogen) atoms. The van der Waals surface area contributed by atoms with Gasteiger partial charge in [0.1, 0.15) is 22.8 Å². The first-order chi connectivity index (χ1) is 35.8. The number of ether oxygens (including phenoxy) is 1. The second kappa shape index (κ2) is 27.0. The average molecular weight is 1090 g/mol. The van der Waals surface area contributed by atoms with Crippen molar-refractivity contribution in [1.82, 2.24) is 20.4 Å². The molecule has 0 bridgehead atoms. The van der Waals surface area contributed by atoms with Gasteiger partial charge in [-0.05, 0) is 103 Å². The van der Waals surface area contributed by atoms with E-state index >= 15 is 0 Å². The van der Waals surface area contributed by atoms with Crippen molar-refractivity contribution in [2.45, 2.75) is 37.0 Å². The number of sulfonamides is 1. The van der Waals surface area contributed by atoms with Crippen LogP contribution in [0.15, 0.2) is 117 Å². The van der Waals surface area contributed by atoms with Crippen LogP contribution in [0.25, 0.3) is 33.4 Å². The highest BCUT2D eigenvalue weighted by molar-refractivity contribution is 7.89. The van der Waals surface area contributed by atoms with Crippen LogP contribution in [-0.4, -0.2) is 125 Å². The van der Waals surface area contributed by atoms with Gasteiger partial charge in [-0.2, -0.15) is 0 Å². The average Bonchev–Trinajstić information content (AvgIpc) is 3.33. The quantitative estimate of drug-likeness (QED) is 0.0110. The Morgan fingerprint density at radius 2 is 1.39 bits per heavy atom. The van der Waals surface area contributed by atoms with Gasteiger partial charge < -0.3 is 40.6 Å². The summed E-state index contributed by atoms with van der Waals surface area (Å²) in [4.78, 5) is 77.9. The van der Waals surface area contributed by atoms with Crippen LogP contribution in [-0.2, 0) is 51.7 Å². The minimum Gasteiger partial charge on any atom is -0.508 e. The van der Waals surface area contributed by atoms with Crippen LogP contribution in [0, 0.1) is 0 Å². The maximum atomic E-state index is 13.3. The molecule has 2 aliphatic rings. The molecule has 10 N–H and O–H groups in total. The molecule has 0 fully saturated rings. The Kier molecular flexibility index (Phi) is 20.4. The number of anilines is 3. The number of hydrogen-bond acceptors (Lipinski definition) is 15. The van der Waals surface area contributed by atoms with Crippen LogP contribution in [0.5, 0.6) is 11.5 Å². The number of benzene rings is 5. The topological polar surface area (TPSA) is 329 Å². The van der Waals surface area contributed by atoms with E-state index in [1.807, 2.05) is 0 Å². The molecule has 1 aliphatic heterocycles. The van der Waals surface area contributed by atoms with Gasteiger partial charge in [-0.15, -0.1) is 0 Å². The number of phenolic OH excluding ortho intramolecular Hbond substituents is 1. The van der Waals surface area contributed by atoms with Gasteiger partial charge >= 0.3 is 5.97 Å². The lowest BCUT2D eigenvalue weighted by Crippen LogP contribution is -2.46. The third kappa shape index (κ3) is 17.8. The number of fused-ring (bicyclic) bond motifs is 2. The van der Waals surface area contributed by atoms with Crippen molar-refractivity contribution in [3.8, 4) is 33.9 Å². The van der Waals surface area contributed by atoms with Crippen molar-refractivity contribution >= 4 is 96.7 Å². The number of carbonyl (C=O) groups excluding carboxylic acids is 4. The summed E-state index contributed by atoms with van der Waals surface area (Å²) in [5, 5.41) is 37.6. The molecule has 1 heterocycles. The van der Waals surface area contributed by atoms with E-state index in [2.05, 4.69) is 26.0 Å². The fourth-order valence-corrected chi connectivity index (χ4v) is 9.00. The molecule has 1 aliphatic carbocycles. The molecule has 4 aromatic carbocycles. The lowest BCUT2D eigenvalue weighted by Gasteiger charge is -2.26.